The van der Waals surface area contributed by atoms with Gasteiger partial charge >= 0.3 is 0 Å². The Morgan fingerprint density at radius 2 is 2.53 bits per heavy atom. The van der Waals surface area contributed by atoms with Gasteiger partial charge in [-0.15, -0.1) is 11.3 Å². The van der Waals surface area contributed by atoms with Crippen molar-refractivity contribution in [1.82, 2.24) is 9.88 Å². The molecule has 3 nitrogen and oxygen atoms in total. The van der Waals surface area contributed by atoms with Gasteiger partial charge in [0, 0.05) is 23.5 Å². The van der Waals surface area contributed by atoms with E-state index in [4.69, 9.17) is 5.73 Å². The maximum absolute atomic E-state index is 5.53. The first-order valence-electron chi connectivity index (χ1n) is 5.63. The molecule has 1 atom stereocenters. The van der Waals surface area contributed by atoms with Crippen molar-refractivity contribution in [3.8, 4) is 0 Å². The van der Waals surface area contributed by atoms with Crippen molar-refractivity contribution >= 4 is 11.3 Å². The fraction of sp³-hybridized carbons (Fsp3) is 0.727. The highest BCUT2D eigenvalue weighted by Crippen LogP contribution is 2.22. The van der Waals surface area contributed by atoms with E-state index in [0.717, 1.165) is 19.4 Å². The number of thiazole rings is 1. The molecule has 0 bridgehead atoms. The molecule has 4 heteroatoms. The van der Waals surface area contributed by atoms with E-state index in [2.05, 4.69) is 16.9 Å². The highest BCUT2D eigenvalue weighted by molar-refractivity contribution is 7.11. The Balaban J connectivity index is 1.92. The molecule has 0 aliphatic carbocycles. The summed E-state index contributed by atoms with van der Waals surface area (Å²) in [6.45, 7) is 1.97. The maximum Gasteiger partial charge on any atom is 0.0943 e. The minimum atomic E-state index is 0.710. The first kappa shape index (κ1) is 11.0. The number of hydrogen-bond acceptors (Lipinski definition) is 4. The number of nitrogens with two attached hydrogens (primary N) is 1. The van der Waals surface area contributed by atoms with Gasteiger partial charge < -0.3 is 10.6 Å². The fourth-order valence-electron chi connectivity index (χ4n) is 2.14. The fourth-order valence-corrected chi connectivity index (χ4v) is 3.15. The largest absolute Gasteiger partial charge is 0.330 e. The standard InChI is InChI=1S/C11H19N3S/c1-14-6-2-3-9(14)7-11-13-8-10(15-11)4-5-12/h8-9H,2-7,12H2,1H3. The lowest BCUT2D eigenvalue weighted by Crippen LogP contribution is -2.26. The lowest BCUT2D eigenvalue weighted by molar-refractivity contribution is 0.309. The Kier molecular flexibility index (Phi) is 3.72. The molecule has 0 amide bonds. The second kappa shape index (κ2) is 5.05. The zero-order valence-corrected chi connectivity index (χ0v) is 10.1. The van der Waals surface area contributed by atoms with Crippen molar-refractivity contribution < 1.29 is 0 Å². The van der Waals surface area contributed by atoms with Gasteiger partial charge in [-0.05, 0) is 39.4 Å². The predicted molar refractivity (Wildman–Crippen MR) is 64.2 cm³/mol. The first-order valence-corrected chi connectivity index (χ1v) is 6.45. The minimum Gasteiger partial charge on any atom is -0.330 e. The first-order chi connectivity index (χ1) is 7.29. The van der Waals surface area contributed by atoms with Crippen molar-refractivity contribution in [2.75, 3.05) is 20.1 Å². The molecule has 1 unspecified atom stereocenters. The summed E-state index contributed by atoms with van der Waals surface area (Å²) < 4.78 is 0. The quantitative estimate of drug-likeness (QED) is 0.839. The van der Waals surface area contributed by atoms with Crippen LogP contribution < -0.4 is 5.73 Å². The normalized spacial score (nSPS) is 22.4. The summed E-state index contributed by atoms with van der Waals surface area (Å²) >= 11 is 1.83. The van der Waals surface area contributed by atoms with E-state index in [0.29, 0.717) is 6.04 Å². The summed E-state index contributed by atoms with van der Waals surface area (Å²) in [4.78, 5) is 8.24. The van der Waals surface area contributed by atoms with Gasteiger partial charge in [-0.25, -0.2) is 4.98 Å². The monoisotopic (exact) mass is 225 g/mol. The van der Waals surface area contributed by atoms with E-state index < -0.39 is 0 Å². The highest BCUT2D eigenvalue weighted by Gasteiger charge is 2.21. The molecule has 0 aromatic carbocycles. The van der Waals surface area contributed by atoms with Gasteiger partial charge in [-0.1, -0.05) is 0 Å². The Morgan fingerprint density at radius 3 is 3.20 bits per heavy atom. The van der Waals surface area contributed by atoms with Gasteiger partial charge in [0.05, 0.1) is 5.01 Å². The number of hydrogen-bond donors (Lipinski definition) is 1. The summed E-state index contributed by atoms with van der Waals surface area (Å²) in [5.74, 6) is 0. The third-order valence-electron chi connectivity index (χ3n) is 3.07. The van der Waals surface area contributed by atoms with E-state index in [9.17, 15) is 0 Å². The van der Waals surface area contributed by atoms with Gasteiger partial charge in [0.15, 0.2) is 0 Å². The van der Waals surface area contributed by atoms with Gasteiger partial charge in [0.1, 0.15) is 0 Å². The predicted octanol–water partition coefficient (Wildman–Crippen LogP) is 1.28. The minimum absolute atomic E-state index is 0.710. The molecule has 1 saturated heterocycles. The van der Waals surface area contributed by atoms with Crippen LogP contribution in [0.25, 0.3) is 0 Å². The van der Waals surface area contributed by atoms with Crippen LogP contribution in [0.4, 0.5) is 0 Å². The number of rotatable bonds is 4. The molecule has 0 spiro atoms. The molecule has 1 aliphatic rings. The van der Waals surface area contributed by atoms with Crippen LogP contribution in [0.3, 0.4) is 0 Å². The van der Waals surface area contributed by atoms with Crippen LogP contribution in [0.5, 0.6) is 0 Å². The van der Waals surface area contributed by atoms with E-state index in [-0.39, 0.29) is 0 Å². The van der Waals surface area contributed by atoms with Crippen LogP contribution in [0, 0.1) is 0 Å². The third kappa shape index (κ3) is 2.77. The zero-order valence-electron chi connectivity index (χ0n) is 9.28. The highest BCUT2D eigenvalue weighted by atomic mass is 32.1. The van der Waals surface area contributed by atoms with Crippen molar-refractivity contribution in [1.29, 1.82) is 0 Å². The molecule has 2 heterocycles. The number of likely N-dealkylation sites (N-methyl/N-ethyl adjacent to an activating group) is 1. The van der Waals surface area contributed by atoms with Crippen LogP contribution in [-0.4, -0.2) is 36.1 Å². The molecule has 84 valence electrons. The molecule has 0 saturated carbocycles. The second-order valence-electron chi connectivity index (χ2n) is 4.24. The average Bonchev–Trinajstić information content (AvgIpc) is 2.79. The smallest absolute Gasteiger partial charge is 0.0943 e. The number of likely N-dealkylation sites (tertiary alicyclic amines) is 1. The molecule has 15 heavy (non-hydrogen) atoms. The second-order valence-corrected chi connectivity index (χ2v) is 5.44. The molecule has 1 aromatic rings. The van der Waals surface area contributed by atoms with Crippen molar-refractivity contribution in [2.24, 2.45) is 5.73 Å². The summed E-state index contributed by atoms with van der Waals surface area (Å²) in [6.07, 6.45) is 6.73. The molecule has 2 N–H and O–H groups in total. The molecular formula is C11H19N3S. The SMILES string of the molecule is CN1CCCC1Cc1ncc(CCN)s1. The molecule has 1 aliphatic heterocycles. The number of aromatic nitrogens is 1. The molecule has 1 aromatic heterocycles. The van der Waals surface area contributed by atoms with Crippen LogP contribution in [0.2, 0.25) is 0 Å². The van der Waals surface area contributed by atoms with Crippen LogP contribution in [0.15, 0.2) is 6.20 Å². The van der Waals surface area contributed by atoms with Gasteiger partial charge in [-0.2, -0.15) is 0 Å². The molecule has 2 rings (SSSR count). The van der Waals surface area contributed by atoms with Crippen molar-refractivity contribution in [3.05, 3.63) is 16.1 Å². The zero-order chi connectivity index (χ0) is 10.7. The maximum atomic E-state index is 5.53. The lowest BCUT2D eigenvalue weighted by atomic mass is 10.1. The Morgan fingerprint density at radius 1 is 1.67 bits per heavy atom. The van der Waals surface area contributed by atoms with E-state index >= 15 is 0 Å². The van der Waals surface area contributed by atoms with Gasteiger partial charge in [-0.3, -0.25) is 0 Å². The van der Waals surface area contributed by atoms with Crippen LogP contribution in [0.1, 0.15) is 22.7 Å². The molecular weight excluding hydrogens is 206 g/mol. The summed E-state index contributed by atoms with van der Waals surface area (Å²) in [7, 11) is 2.21. The van der Waals surface area contributed by atoms with E-state index in [1.807, 2.05) is 17.5 Å². The van der Waals surface area contributed by atoms with E-state index in [1.54, 1.807) is 0 Å². The topological polar surface area (TPSA) is 42.2 Å². The molecule has 1 fully saturated rings. The van der Waals surface area contributed by atoms with Crippen LogP contribution >= 0.6 is 11.3 Å². The van der Waals surface area contributed by atoms with Gasteiger partial charge in [0.25, 0.3) is 0 Å². The Labute approximate surface area is 95.3 Å². The van der Waals surface area contributed by atoms with Gasteiger partial charge in [0.2, 0.25) is 0 Å². The average molecular weight is 225 g/mol. The Bertz CT molecular complexity index is 311. The third-order valence-corrected chi connectivity index (χ3v) is 4.15. The summed E-state index contributed by atoms with van der Waals surface area (Å²) in [5.41, 5.74) is 5.53. The summed E-state index contributed by atoms with van der Waals surface area (Å²) in [6, 6.07) is 0.710. The molecule has 0 radical (unpaired) electrons. The Hall–Kier alpha value is -0.450. The van der Waals surface area contributed by atoms with E-state index in [1.165, 1.54) is 29.3 Å². The lowest BCUT2D eigenvalue weighted by Gasteiger charge is -2.17. The van der Waals surface area contributed by atoms with Crippen LogP contribution in [-0.2, 0) is 12.8 Å². The number of nitrogens with zero attached hydrogens (tertiary/aromatic N) is 2. The van der Waals surface area contributed by atoms with Crippen molar-refractivity contribution in [3.63, 3.8) is 0 Å². The summed E-state index contributed by atoms with van der Waals surface area (Å²) in [5, 5.41) is 1.28. The van der Waals surface area contributed by atoms with Crippen molar-refractivity contribution in [2.45, 2.75) is 31.7 Å².